The summed E-state index contributed by atoms with van der Waals surface area (Å²) in [7, 11) is 1.63. The van der Waals surface area contributed by atoms with Gasteiger partial charge in [0, 0.05) is 29.9 Å². The van der Waals surface area contributed by atoms with Gasteiger partial charge in [-0.1, -0.05) is 18.2 Å². The average molecular weight is 306 g/mol. The van der Waals surface area contributed by atoms with Gasteiger partial charge in [-0.25, -0.2) is 0 Å². The van der Waals surface area contributed by atoms with Crippen molar-refractivity contribution in [2.45, 2.75) is 13.1 Å². The van der Waals surface area contributed by atoms with Gasteiger partial charge in [-0.05, 0) is 41.8 Å². The summed E-state index contributed by atoms with van der Waals surface area (Å²) in [5.74, 6) is 0.837. The molecule has 2 heterocycles. The van der Waals surface area contributed by atoms with Crippen LogP contribution in [0.5, 0.6) is 5.75 Å². The van der Waals surface area contributed by atoms with Crippen LogP contribution in [0.25, 0.3) is 10.9 Å². The predicted molar refractivity (Wildman–Crippen MR) is 89.7 cm³/mol. The second kappa shape index (κ2) is 5.47. The number of carbonyl (C=O) groups excluding carboxylic acids is 1. The van der Waals surface area contributed by atoms with Gasteiger partial charge in [-0.2, -0.15) is 0 Å². The van der Waals surface area contributed by atoms with E-state index in [1.807, 2.05) is 29.2 Å². The molecule has 116 valence electrons. The molecule has 0 bridgehead atoms. The van der Waals surface area contributed by atoms with Crippen LogP contribution in [0.15, 0.2) is 54.6 Å². The number of hydrogen-bond donors (Lipinski definition) is 0. The van der Waals surface area contributed by atoms with Crippen LogP contribution in [-0.2, 0) is 13.1 Å². The van der Waals surface area contributed by atoms with E-state index in [0.717, 1.165) is 18.8 Å². The molecule has 0 unspecified atom stereocenters. The minimum Gasteiger partial charge on any atom is -0.497 e. The van der Waals surface area contributed by atoms with E-state index in [4.69, 9.17) is 4.74 Å². The lowest BCUT2D eigenvalue weighted by Crippen LogP contribution is -2.38. The molecule has 0 saturated heterocycles. The number of carbonyl (C=O) groups is 1. The monoisotopic (exact) mass is 306 g/mol. The van der Waals surface area contributed by atoms with Crippen LogP contribution in [0, 0.1) is 0 Å². The highest BCUT2D eigenvalue weighted by Gasteiger charge is 2.23. The maximum absolute atomic E-state index is 12.7. The van der Waals surface area contributed by atoms with Crippen LogP contribution >= 0.6 is 0 Å². The fraction of sp³-hybridized carbons (Fsp3) is 0.211. The zero-order valence-corrected chi connectivity index (χ0v) is 13.0. The Morgan fingerprint density at radius 1 is 1.04 bits per heavy atom. The quantitative estimate of drug-likeness (QED) is 0.728. The van der Waals surface area contributed by atoms with Crippen molar-refractivity contribution in [1.29, 1.82) is 0 Å². The van der Waals surface area contributed by atoms with Gasteiger partial charge in [-0.3, -0.25) is 4.79 Å². The van der Waals surface area contributed by atoms with E-state index < -0.39 is 0 Å². The highest BCUT2D eigenvalue weighted by atomic mass is 16.5. The highest BCUT2D eigenvalue weighted by Crippen LogP contribution is 2.25. The van der Waals surface area contributed by atoms with Gasteiger partial charge in [-0.15, -0.1) is 0 Å². The van der Waals surface area contributed by atoms with Gasteiger partial charge in [0.15, 0.2) is 0 Å². The number of methoxy groups -OCH3 is 1. The van der Waals surface area contributed by atoms with Crippen molar-refractivity contribution in [2.24, 2.45) is 0 Å². The van der Waals surface area contributed by atoms with Crippen molar-refractivity contribution in [2.75, 3.05) is 13.7 Å². The molecule has 4 rings (SSSR count). The largest absolute Gasteiger partial charge is 0.497 e. The van der Waals surface area contributed by atoms with Crippen molar-refractivity contribution in [3.63, 3.8) is 0 Å². The SMILES string of the molecule is COc1ccc(C(=O)N2CCn3c(cc4ccccc43)C2)cc1. The first-order valence-corrected chi connectivity index (χ1v) is 7.77. The Hall–Kier alpha value is -2.75. The second-order valence-corrected chi connectivity index (χ2v) is 5.80. The van der Waals surface area contributed by atoms with Crippen LogP contribution in [0.2, 0.25) is 0 Å². The first-order valence-electron chi connectivity index (χ1n) is 7.77. The summed E-state index contributed by atoms with van der Waals surface area (Å²) < 4.78 is 7.46. The maximum atomic E-state index is 12.7. The van der Waals surface area contributed by atoms with Gasteiger partial charge in [0.1, 0.15) is 5.75 Å². The third kappa shape index (κ3) is 2.36. The molecule has 0 aliphatic carbocycles. The number of fused-ring (bicyclic) bond motifs is 3. The molecule has 1 aromatic heterocycles. The molecule has 1 amide bonds. The van der Waals surface area contributed by atoms with Crippen LogP contribution in [-0.4, -0.2) is 29.0 Å². The Bertz CT molecular complexity index is 865. The molecule has 1 aliphatic heterocycles. The standard InChI is InChI=1S/C19H18N2O2/c1-23-17-8-6-14(7-9-17)19(22)20-10-11-21-16(13-20)12-15-4-2-3-5-18(15)21/h2-9,12H,10-11,13H2,1H3. The Morgan fingerprint density at radius 2 is 1.83 bits per heavy atom. The zero-order chi connectivity index (χ0) is 15.8. The fourth-order valence-corrected chi connectivity index (χ4v) is 3.25. The summed E-state index contributed by atoms with van der Waals surface area (Å²) in [4.78, 5) is 14.6. The van der Waals surface area contributed by atoms with E-state index in [-0.39, 0.29) is 5.91 Å². The van der Waals surface area contributed by atoms with Crippen molar-refractivity contribution in [3.8, 4) is 5.75 Å². The lowest BCUT2D eigenvalue weighted by atomic mass is 10.1. The summed E-state index contributed by atoms with van der Waals surface area (Å²) in [5, 5.41) is 1.24. The smallest absolute Gasteiger partial charge is 0.254 e. The number of rotatable bonds is 2. The number of aromatic nitrogens is 1. The Kier molecular flexibility index (Phi) is 3.30. The van der Waals surface area contributed by atoms with Gasteiger partial charge in [0.2, 0.25) is 0 Å². The van der Waals surface area contributed by atoms with Crippen LogP contribution in [0.1, 0.15) is 16.1 Å². The number of benzene rings is 2. The molecule has 4 nitrogen and oxygen atoms in total. The molecule has 3 aromatic rings. The Balaban J connectivity index is 1.60. The summed E-state index contributed by atoms with van der Waals surface area (Å²) in [6.07, 6.45) is 0. The average Bonchev–Trinajstić information content (AvgIpc) is 2.99. The molecule has 4 heteroatoms. The normalized spacial score (nSPS) is 13.9. The van der Waals surface area contributed by atoms with Gasteiger partial charge >= 0.3 is 0 Å². The summed E-state index contributed by atoms with van der Waals surface area (Å²) in [6.45, 7) is 2.22. The van der Waals surface area contributed by atoms with Crippen LogP contribution in [0.4, 0.5) is 0 Å². The molecule has 2 aromatic carbocycles. The van der Waals surface area contributed by atoms with E-state index in [9.17, 15) is 4.79 Å². The van der Waals surface area contributed by atoms with E-state index in [1.54, 1.807) is 7.11 Å². The topological polar surface area (TPSA) is 34.5 Å². The molecule has 0 spiro atoms. The second-order valence-electron chi connectivity index (χ2n) is 5.80. The lowest BCUT2D eigenvalue weighted by molar-refractivity contribution is 0.0712. The molecule has 0 N–H and O–H groups in total. The molecule has 0 atom stereocenters. The first-order chi connectivity index (χ1) is 11.3. The summed E-state index contributed by atoms with van der Waals surface area (Å²) >= 11 is 0. The number of para-hydroxylation sites is 1. The molecule has 0 radical (unpaired) electrons. The van der Waals surface area contributed by atoms with E-state index in [0.29, 0.717) is 12.1 Å². The lowest BCUT2D eigenvalue weighted by Gasteiger charge is -2.29. The van der Waals surface area contributed by atoms with Crippen LogP contribution in [0.3, 0.4) is 0 Å². The zero-order valence-electron chi connectivity index (χ0n) is 13.0. The van der Waals surface area contributed by atoms with Crippen molar-refractivity contribution < 1.29 is 9.53 Å². The first kappa shape index (κ1) is 13.9. The van der Waals surface area contributed by atoms with Crippen molar-refractivity contribution >= 4 is 16.8 Å². The third-order valence-corrected chi connectivity index (χ3v) is 4.47. The number of nitrogens with zero attached hydrogens (tertiary/aromatic N) is 2. The van der Waals surface area contributed by atoms with E-state index in [2.05, 4.69) is 34.9 Å². The molecular weight excluding hydrogens is 288 g/mol. The van der Waals surface area contributed by atoms with Gasteiger partial charge in [0.05, 0.1) is 13.7 Å². The number of hydrogen-bond acceptors (Lipinski definition) is 2. The van der Waals surface area contributed by atoms with Gasteiger partial charge < -0.3 is 14.2 Å². The fourth-order valence-electron chi connectivity index (χ4n) is 3.25. The van der Waals surface area contributed by atoms with E-state index in [1.165, 1.54) is 16.6 Å². The van der Waals surface area contributed by atoms with Gasteiger partial charge in [0.25, 0.3) is 5.91 Å². The Labute approximate surface area is 134 Å². The molecule has 1 aliphatic rings. The summed E-state index contributed by atoms with van der Waals surface area (Å²) in [5.41, 5.74) is 3.15. The summed E-state index contributed by atoms with van der Waals surface area (Å²) in [6, 6.07) is 17.9. The van der Waals surface area contributed by atoms with E-state index >= 15 is 0 Å². The molecule has 0 saturated carbocycles. The minimum absolute atomic E-state index is 0.0733. The predicted octanol–water partition coefficient (Wildman–Crippen LogP) is 3.31. The maximum Gasteiger partial charge on any atom is 0.254 e. The Morgan fingerprint density at radius 3 is 2.61 bits per heavy atom. The molecule has 0 fully saturated rings. The number of amides is 1. The minimum atomic E-state index is 0.0733. The molecule has 23 heavy (non-hydrogen) atoms. The number of ether oxygens (including phenoxy) is 1. The van der Waals surface area contributed by atoms with Crippen molar-refractivity contribution in [3.05, 3.63) is 65.9 Å². The van der Waals surface area contributed by atoms with Crippen LogP contribution < -0.4 is 4.74 Å². The molecular formula is C19H18N2O2. The highest BCUT2D eigenvalue weighted by molar-refractivity contribution is 5.94. The van der Waals surface area contributed by atoms with Crippen molar-refractivity contribution in [1.82, 2.24) is 9.47 Å². The third-order valence-electron chi connectivity index (χ3n) is 4.47.